The molecule has 3 aromatic rings. The molecule has 2 aromatic carbocycles. The highest BCUT2D eigenvalue weighted by atomic mass is 32.1. The molecular weight excluding hydrogens is 380 g/mol. The lowest BCUT2D eigenvalue weighted by Crippen LogP contribution is -1.98. The number of rotatable bonds is 7. The van der Waals surface area contributed by atoms with Crippen LogP contribution in [0.5, 0.6) is 23.0 Å². The maximum atomic E-state index is 5.37. The Balaban J connectivity index is 2.02. The van der Waals surface area contributed by atoms with E-state index in [4.69, 9.17) is 31.2 Å². The highest BCUT2D eigenvalue weighted by molar-refractivity contribution is 7.71. The number of ether oxygens (including phenoxy) is 4. The third kappa shape index (κ3) is 3.84. The van der Waals surface area contributed by atoms with Crippen LogP contribution in [0.4, 0.5) is 0 Å². The lowest BCUT2D eigenvalue weighted by atomic mass is 10.2. The van der Waals surface area contributed by atoms with E-state index in [0.717, 1.165) is 11.1 Å². The van der Waals surface area contributed by atoms with Gasteiger partial charge in [0, 0.05) is 11.1 Å². The van der Waals surface area contributed by atoms with Crippen LogP contribution in [-0.2, 0) is 0 Å². The lowest BCUT2D eigenvalue weighted by Gasteiger charge is -2.12. The Kier molecular flexibility index (Phi) is 5.95. The van der Waals surface area contributed by atoms with Crippen molar-refractivity contribution in [1.82, 2.24) is 14.9 Å². The summed E-state index contributed by atoms with van der Waals surface area (Å²) in [5.74, 6) is 2.86. The van der Waals surface area contributed by atoms with Crippen molar-refractivity contribution in [3.05, 3.63) is 46.7 Å². The number of hydrogen-bond donors (Lipinski definition) is 1. The summed E-state index contributed by atoms with van der Waals surface area (Å²) in [6.45, 7) is 0. The third-order valence-corrected chi connectivity index (χ3v) is 4.25. The van der Waals surface area contributed by atoms with E-state index in [2.05, 4.69) is 15.3 Å². The Labute approximate surface area is 167 Å². The Bertz CT molecular complexity index is 1030. The molecule has 0 saturated heterocycles. The van der Waals surface area contributed by atoms with Gasteiger partial charge in [0.1, 0.15) is 5.75 Å². The largest absolute Gasteiger partial charge is 0.497 e. The fourth-order valence-electron chi connectivity index (χ4n) is 2.65. The second-order valence-corrected chi connectivity index (χ2v) is 5.99. The molecule has 1 heterocycles. The third-order valence-electron chi connectivity index (χ3n) is 3.99. The monoisotopic (exact) mass is 400 g/mol. The predicted octanol–water partition coefficient (Wildman–Crippen LogP) is 3.52. The fourth-order valence-corrected chi connectivity index (χ4v) is 2.83. The van der Waals surface area contributed by atoms with Crippen LogP contribution >= 0.6 is 12.2 Å². The molecule has 1 N–H and O–H groups in total. The zero-order valence-electron chi connectivity index (χ0n) is 15.9. The second kappa shape index (κ2) is 8.57. The predicted molar refractivity (Wildman–Crippen MR) is 108 cm³/mol. The van der Waals surface area contributed by atoms with Gasteiger partial charge >= 0.3 is 0 Å². The van der Waals surface area contributed by atoms with E-state index in [1.807, 2.05) is 24.3 Å². The van der Waals surface area contributed by atoms with Crippen LogP contribution < -0.4 is 18.9 Å². The van der Waals surface area contributed by atoms with Gasteiger partial charge in [-0.1, -0.05) is 12.1 Å². The summed E-state index contributed by atoms with van der Waals surface area (Å²) in [4.78, 5) is 0. The van der Waals surface area contributed by atoms with Crippen molar-refractivity contribution in [3.63, 3.8) is 0 Å². The first-order valence-corrected chi connectivity index (χ1v) is 8.68. The average Bonchev–Trinajstić information content (AvgIpc) is 3.11. The standard InChI is InChI=1S/C19H20N4O4S/c1-24-14-7-5-6-13(10-14)18-21-22-19(28)23(18)20-11-12-8-15(25-2)17(27-4)16(9-12)26-3/h5-11H,1-4H3,(H,22,28)/b20-11-. The summed E-state index contributed by atoms with van der Waals surface area (Å²) in [6.07, 6.45) is 1.64. The van der Waals surface area contributed by atoms with Crippen molar-refractivity contribution in [2.24, 2.45) is 5.10 Å². The van der Waals surface area contributed by atoms with Crippen LogP contribution in [0.25, 0.3) is 11.4 Å². The van der Waals surface area contributed by atoms with Gasteiger partial charge in [0.05, 0.1) is 34.7 Å². The molecule has 146 valence electrons. The summed E-state index contributed by atoms with van der Waals surface area (Å²) < 4.78 is 23.3. The highest BCUT2D eigenvalue weighted by Gasteiger charge is 2.13. The van der Waals surface area contributed by atoms with E-state index in [-0.39, 0.29) is 0 Å². The zero-order chi connectivity index (χ0) is 20.1. The Hall–Kier alpha value is -3.33. The van der Waals surface area contributed by atoms with Crippen LogP contribution in [0, 0.1) is 4.77 Å². The van der Waals surface area contributed by atoms with E-state index in [1.165, 1.54) is 4.68 Å². The quantitative estimate of drug-likeness (QED) is 0.483. The minimum Gasteiger partial charge on any atom is -0.497 e. The van der Waals surface area contributed by atoms with Gasteiger partial charge in [-0.2, -0.15) is 14.9 Å². The van der Waals surface area contributed by atoms with Crippen molar-refractivity contribution in [2.45, 2.75) is 0 Å². The van der Waals surface area contributed by atoms with Crippen LogP contribution in [0.2, 0.25) is 0 Å². The van der Waals surface area contributed by atoms with E-state index >= 15 is 0 Å². The smallest absolute Gasteiger partial charge is 0.216 e. The van der Waals surface area contributed by atoms with Crippen LogP contribution in [-0.4, -0.2) is 49.5 Å². The van der Waals surface area contributed by atoms with Gasteiger partial charge in [-0.15, -0.1) is 0 Å². The molecule has 0 unspecified atom stereocenters. The van der Waals surface area contributed by atoms with Crippen molar-refractivity contribution in [2.75, 3.05) is 28.4 Å². The maximum Gasteiger partial charge on any atom is 0.216 e. The van der Waals surface area contributed by atoms with Gasteiger partial charge in [0.25, 0.3) is 0 Å². The summed E-state index contributed by atoms with van der Waals surface area (Å²) >= 11 is 5.32. The number of aromatic nitrogens is 3. The number of nitrogens with zero attached hydrogens (tertiary/aromatic N) is 3. The van der Waals surface area contributed by atoms with Crippen molar-refractivity contribution in [3.8, 4) is 34.4 Å². The molecule has 28 heavy (non-hydrogen) atoms. The summed E-state index contributed by atoms with van der Waals surface area (Å²) in [5, 5.41) is 11.5. The molecule has 0 aliphatic carbocycles. The average molecular weight is 400 g/mol. The van der Waals surface area contributed by atoms with Gasteiger partial charge in [-0.25, -0.2) is 5.10 Å². The number of aromatic amines is 1. The molecule has 0 atom stereocenters. The van der Waals surface area contributed by atoms with Crippen LogP contribution in [0.15, 0.2) is 41.5 Å². The van der Waals surface area contributed by atoms with Crippen molar-refractivity contribution < 1.29 is 18.9 Å². The molecule has 8 nitrogen and oxygen atoms in total. The molecule has 0 bridgehead atoms. The first-order chi connectivity index (χ1) is 13.6. The Morgan fingerprint density at radius 1 is 1.00 bits per heavy atom. The number of hydrogen-bond acceptors (Lipinski definition) is 7. The molecule has 0 spiro atoms. The molecule has 9 heteroatoms. The molecule has 0 aliphatic rings. The van der Waals surface area contributed by atoms with E-state index in [0.29, 0.717) is 33.6 Å². The maximum absolute atomic E-state index is 5.37. The minimum atomic E-state index is 0.363. The van der Waals surface area contributed by atoms with E-state index in [9.17, 15) is 0 Å². The lowest BCUT2D eigenvalue weighted by molar-refractivity contribution is 0.324. The van der Waals surface area contributed by atoms with Crippen LogP contribution in [0.3, 0.4) is 0 Å². The first kappa shape index (κ1) is 19.4. The SMILES string of the molecule is COc1cccc(-c2n[nH]c(=S)n2/N=C\c2cc(OC)c(OC)c(OC)c2)c1. The van der Waals surface area contributed by atoms with Gasteiger partial charge < -0.3 is 18.9 Å². The molecule has 0 fully saturated rings. The summed E-state index contributed by atoms with van der Waals surface area (Å²) in [7, 11) is 6.29. The van der Waals surface area contributed by atoms with Gasteiger partial charge in [-0.3, -0.25) is 0 Å². The van der Waals surface area contributed by atoms with Gasteiger partial charge in [-0.05, 0) is 36.5 Å². The molecule has 0 radical (unpaired) electrons. The Morgan fingerprint density at radius 2 is 1.71 bits per heavy atom. The zero-order valence-corrected chi connectivity index (χ0v) is 16.7. The van der Waals surface area contributed by atoms with Crippen molar-refractivity contribution >= 4 is 18.4 Å². The molecule has 0 saturated carbocycles. The minimum absolute atomic E-state index is 0.363. The normalized spacial score (nSPS) is 10.9. The van der Waals surface area contributed by atoms with Gasteiger partial charge in [0.2, 0.25) is 10.5 Å². The van der Waals surface area contributed by atoms with Crippen molar-refractivity contribution in [1.29, 1.82) is 0 Å². The number of H-pyrrole nitrogens is 1. The molecule has 3 rings (SSSR count). The Morgan fingerprint density at radius 3 is 2.32 bits per heavy atom. The van der Waals surface area contributed by atoms with E-state index in [1.54, 1.807) is 46.8 Å². The van der Waals surface area contributed by atoms with Gasteiger partial charge in [0.15, 0.2) is 17.3 Å². The first-order valence-electron chi connectivity index (χ1n) is 8.27. The number of benzene rings is 2. The number of methoxy groups -OCH3 is 4. The molecule has 1 aromatic heterocycles. The second-order valence-electron chi connectivity index (χ2n) is 5.60. The fraction of sp³-hybridized carbons (Fsp3) is 0.211. The summed E-state index contributed by atoms with van der Waals surface area (Å²) in [6, 6.07) is 11.1. The highest BCUT2D eigenvalue weighted by Crippen LogP contribution is 2.37. The molecule has 0 amide bonds. The van der Waals surface area contributed by atoms with E-state index < -0.39 is 0 Å². The molecular formula is C19H20N4O4S. The number of nitrogens with one attached hydrogen (secondary N) is 1. The molecule has 0 aliphatic heterocycles. The topological polar surface area (TPSA) is 82.9 Å². The van der Waals surface area contributed by atoms with Crippen LogP contribution in [0.1, 0.15) is 5.56 Å². The summed E-state index contributed by atoms with van der Waals surface area (Å²) in [5.41, 5.74) is 1.56.